The molecular weight excluding hydrogens is 314 g/mol. The quantitative estimate of drug-likeness (QED) is 0.756. The minimum atomic E-state index is 0.244. The average molecular weight is 335 g/mol. The van der Waals surface area contributed by atoms with Crippen LogP contribution in [-0.2, 0) is 0 Å². The molecule has 1 aliphatic carbocycles. The van der Waals surface area contributed by atoms with E-state index in [1.54, 1.807) is 0 Å². The summed E-state index contributed by atoms with van der Waals surface area (Å²) in [7, 11) is 0. The lowest BCUT2D eigenvalue weighted by Gasteiger charge is -2.31. The van der Waals surface area contributed by atoms with Crippen LogP contribution in [0.25, 0.3) is 11.4 Å². The van der Waals surface area contributed by atoms with Crippen LogP contribution in [0, 0.1) is 24.7 Å². The van der Waals surface area contributed by atoms with E-state index in [4.69, 9.17) is 22.1 Å². The van der Waals surface area contributed by atoms with Gasteiger partial charge in [0.15, 0.2) is 0 Å². The van der Waals surface area contributed by atoms with Gasteiger partial charge in [0.2, 0.25) is 5.82 Å². The molecule has 1 aliphatic rings. The maximum Gasteiger partial charge on any atom is 0.325 e. The Morgan fingerprint density at radius 1 is 1.12 bits per heavy atom. The zero-order valence-electron chi connectivity index (χ0n) is 14.1. The molecule has 0 radical (unpaired) electrons. The highest BCUT2D eigenvalue weighted by Crippen LogP contribution is 2.28. The standard InChI is InChI=1S/C20H21N3O2/c1-3-14-23(17-8-6-5-7-9-17)20-21-19(22-25-20)16-10-12-18(13-11-16)24-15-4-2/h1-2,10-13,17H,5-9,14-15H2. The lowest BCUT2D eigenvalue weighted by atomic mass is 9.94. The molecule has 0 N–H and O–H groups in total. The van der Waals surface area contributed by atoms with Crippen LogP contribution < -0.4 is 9.64 Å². The van der Waals surface area contributed by atoms with E-state index in [0.717, 1.165) is 18.4 Å². The molecule has 0 amide bonds. The van der Waals surface area contributed by atoms with Crippen molar-refractivity contribution in [3.8, 4) is 41.8 Å². The number of benzene rings is 1. The first-order valence-corrected chi connectivity index (χ1v) is 8.52. The fourth-order valence-electron chi connectivity index (χ4n) is 3.12. The van der Waals surface area contributed by atoms with Gasteiger partial charge in [-0.1, -0.05) is 36.3 Å². The molecule has 1 aromatic heterocycles. The van der Waals surface area contributed by atoms with Crippen LogP contribution in [0.4, 0.5) is 6.01 Å². The van der Waals surface area contributed by atoms with Gasteiger partial charge in [-0.05, 0) is 37.1 Å². The Morgan fingerprint density at radius 3 is 2.56 bits per heavy atom. The van der Waals surface area contributed by atoms with Gasteiger partial charge in [-0.15, -0.1) is 12.8 Å². The molecule has 0 aliphatic heterocycles. The van der Waals surface area contributed by atoms with Crippen molar-refractivity contribution in [3.05, 3.63) is 24.3 Å². The van der Waals surface area contributed by atoms with Crippen LogP contribution in [0.1, 0.15) is 32.1 Å². The van der Waals surface area contributed by atoms with Crippen LogP contribution in [0.3, 0.4) is 0 Å². The zero-order chi connectivity index (χ0) is 17.5. The van der Waals surface area contributed by atoms with Crippen LogP contribution in [0.15, 0.2) is 28.8 Å². The summed E-state index contributed by atoms with van der Waals surface area (Å²) < 4.78 is 10.9. The zero-order valence-corrected chi connectivity index (χ0v) is 14.1. The number of nitrogens with zero attached hydrogens (tertiary/aromatic N) is 3. The number of aromatic nitrogens is 2. The lowest BCUT2D eigenvalue weighted by Crippen LogP contribution is -2.37. The molecule has 0 atom stereocenters. The van der Waals surface area contributed by atoms with Crippen molar-refractivity contribution in [3.63, 3.8) is 0 Å². The van der Waals surface area contributed by atoms with E-state index >= 15 is 0 Å². The molecule has 5 nitrogen and oxygen atoms in total. The maximum atomic E-state index is 5.54. The molecule has 1 fully saturated rings. The summed E-state index contributed by atoms with van der Waals surface area (Å²) in [6.45, 7) is 0.722. The molecule has 0 bridgehead atoms. The van der Waals surface area contributed by atoms with Gasteiger partial charge in [0, 0.05) is 11.6 Å². The van der Waals surface area contributed by atoms with Crippen molar-refractivity contribution in [1.29, 1.82) is 0 Å². The van der Waals surface area contributed by atoms with Gasteiger partial charge >= 0.3 is 6.01 Å². The normalized spacial score (nSPS) is 14.5. The number of anilines is 1. The summed E-state index contributed by atoms with van der Waals surface area (Å²) in [5.41, 5.74) is 0.854. The number of ether oxygens (including phenoxy) is 1. The van der Waals surface area contributed by atoms with Crippen molar-refractivity contribution < 1.29 is 9.26 Å². The van der Waals surface area contributed by atoms with Gasteiger partial charge in [0.1, 0.15) is 12.4 Å². The highest BCUT2D eigenvalue weighted by atomic mass is 16.5. The number of hydrogen-bond donors (Lipinski definition) is 0. The number of hydrogen-bond acceptors (Lipinski definition) is 5. The van der Waals surface area contributed by atoms with Gasteiger partial charge in [0.05, 0.1) is 6.54 Å². The van der Waals surface area contributed by atoms with E-state index in [1.165, 1.54) is 19.3 Å². The monoisotopic (exact) mass is 335 g/mol. The first kappa shape index (κ1) is 16.9. The molecule has 0 saturated heterocycles. The van der Waals surface area contributed by atoms with Crippen LogP contribution in [0.2, 0.25) is 0 Å². The molecule has 1 aromatic carbocycles. The summed E-state index contributed by atoms with van der Waals surface area (Å²) in [5.74, 6) is 6.39. The van der Waals surface area contributed by atoms with E-state index in [1.807, 2.05) is 24.3 Å². The van der Waals surface area contributed by atoms with E-state index in [-0.39, 0.29) is 6.61 Å². The third-order valence-corrected chi connectivity index (χ3v) is 4.37. The third-order valence-electron chi connectivity index (χ3n) is 4.37. The maximum absolute atomic E-state index is 5.54. The first-order valence-electron chi connectivity index (χ1n) is 8.52. The molecule has 25 heavy (non-hydrogen) atoms. The number of terminal acetylenes is 2. The molecule has 128 valence electrons. The van der Waals surface area contributed by atoms with Crippen LogP contribution in [-0.4, -0.2) is 29.3 Å². The molecule has 0 spiro atoms. The fourth-order valence-corrected chi connectivity index (χ4v) is 3.12. The Balaban J connectivity index is 1.76. The van der Waals surface area contributed by atoms with Crippen molar-refractivity contribution >= 4 is 6.01 Å². The Morgan fingerprint density at radius 2 is 1.88 bits per heavy atom. The van der Waals surface area contributed by atoms with Gasteiger partial charge in [-0.25, -0.2) is 0 Å². The van der Waals surface area contributed by atoms with Crippen LogP contribution >= 0.6 is 0 Å². The summed E-state index contributed by atoms with van der Waals surface area (Å²) >= 11 is 0. The summed E-state index contributed by atoms with van der Waals surface area (Å²) in [6, 6.07) is 8.30. The van der Waals surface area contributed by atoms with Crippen LogP contribution in [0.5, 0.6) is 5.75 Å². The summed E-state index contributed by atoms with van der Waals surface area (Å²) in [4.78, 5) is 6.60. The average Bonchev–Trinajstić information content (AvgIpc) is 3.15. The Hall–Kier alpha value is -2.92. The second kappa shape index (κ2) is 8.26. The van der Waals surface area contributed by atoms with Crippen molar-refractivity contribution in [2.75, 3.05) is 18.1 Å². The highest BCUT2D eigenvalue weighted by molar-refractivity contribution is 5.57. The second-order valence-electron chi connectivity index (χ2n) is 6.04. The molecule has 1 saturated carbocycles. The van der Waals surface area contributed by atoms with Gasteiger partial charge in [0.25, 0.3) is 0 Å². The Kier molecular flexibility index (Phi) is 5.59. The van der Waals surface area contributed by atoms with Crippen molar-refractivity contribution in [2.45, 2.75) is 38.1 Å². The van der Waals surface area contributed by atoms with E-state index < -0.39 is 0 Å². The minimum absolute atomic E-state index is 0.244. The summed E-state index contributed by atoms with van der Waals surface area (Å²) in [5, 5.41) is 4.11. The number of rotatable bonds is 6. The SMILES string of the molecule is C#CCOc1ccc(-c2noc(N(CC#C)C3CCCCC3)n2)cc1. The van der Waals surface area contributed by atoms with E-state index in [2.05, 4.69) is 26.9 Å². The van der Waals surface area contributed by atoms with Gasteiger partial charge < -0.3 is 14.2 Å². The molecule has 1 heterocycles. The van der Waals surface area contributed by atoms with Crippen molar-refractivity contribution in [1.82, 2.24) is 10.1 Å². The lowest BCUT2D eigenvalue weighted by molar-refractivity contribution is 0.368. The molecule has 3 rings (SSSR count). The minimum Gasteiger partial charge on any atom is -0.481 e. The molecule has 2 aromatic rings. The van der Waals surface area contributed by atoms with Gasteiger partial charge in [-0.3, -0.25) is 0 Å². The molecular formula is C20H21N3O2. The summed E-state index contributed by atoms with van der Waals surface area (Å²) in [6.07, 6.45) is 16.7. The van der Waals surface area contributed by atoms with E-state index in [9.17, 15) is 0 Å². The second-order valence-corrected chi connectivity index (χ2v) is 6.04. The first-order chi connectivity index (χ1) is 12.3. The Bertz CT molecular complexity index is 761. The fraction of sp³-hybridized carbons (Fsp3) is 0.400. The van der Waals surface area contributed by atoms with Gasteiger partial charge in [-0.2, -0.15) is 4.98 Å². The molecule has 5 heteroatoms. The predicted octanol–water partition coefficient (Wildman–Crippen LogP) is 3.52. The van der Waals surface area contributed by atoms with E-state index in [0.29, 0.717) is 30.2 Å². The largest absolute Gasteiger partial charge is 0.481 e. The highest BCUT2D eigenvalue weighted by Gasteiger charge is 2.25. The molecule has 0 unspecified atom stereocenters. The predicted molar refractivity (Wildman–Crippen MR) is 97.1 cm³/mol. The topological polar surface area (TPSA) is 51.4 Å². The Labute approximate surface area is 148 Å². The third kappa shape index (κ3) is 4.14. The smallest absolute Gasteiger partial charge is 0.325 e. The van der Waals surface area contributed by atoms with Crippen molar-refractivity contribution in [2.24, 2.45) is 0 Å².